The number of hydrogen-bond acceptors (Lipinski definition) is 3. The van der Waals surface area contributed by atoms with Crippen molar-refractivity contribution in [3.63, 3.8) is 0 Å². The van der Waals surface area contributed by atoms with E-state index < -0.39 is 5.97 Å². The molecule has 1 N–H and O–H groups in total. The van der Waals surface area contributed by atoms with Gasteiger partial charge in [0.15, 0.2) is 0 Å². The van der Waals surface area contributed by atoms with E-state index in [4.69, 9.17) is 32.7 Å². The van der Waals surface area contributed by atoms with E-state index >= 15 is 0 Å². The second-order valence-corrected chi connectivity index (χ2v) is 6.50. The molecule has 0 unspecified atom stereocenters. The highest BCUT2D eigenvalue weighted by Gasteiger charge is 2.21. The number of methoxy groups -OCH3 is 1. The number of rotatable bonds is 6. The van der Waals surface area contributed by atoms with Gasteiger partial charge in [-0.25, -0.2) is 4.79 Å². The van der Waals surface area contributed by atoms with Gasteiger partial charge < -0.3 is 14.5 Å². The first-order valence-corrected chi connectivity index (χ1v) is 8.93. The molecule has 0 aliphatic rings. The van der Waals surface area contributed by atoms with Crippen LogP contribution in [0.3, 0.4) is 0 Å². The third-order valence-corrected chi connectivity index (χ3v) is 4.58. The first-order chi connectivity index (χ1) is 12.5. The molecule has 3 aromatic rings. The zero-order valence-corrected chi connectivity index (χ0v) is 15.9. The third-order valence-electron chi connectivity index (χ3n) is 4.06. The van der Waals surface area contributed by atoms with Crippen molar-refractivity contribution in [3.05, 3.63) is 69.7 Å². The second-order valence-electron chi connectivity index (χ2n) is 5.66. The summed E-state index contributed by atoms with van der Waals surface area (Å²) < 4.78 is 10.6. The van der Waals surface area contributed by atoms with Crippen molar-refractivity contribution in [2.75, 3.05) is 13.7 Å². The maximum Gasteiger partial charge on any atom is 0.355 e. The number of aromatic amines is 1. The molecule has 0 spiro atoms. The molecular weight excluding hydrogens is 373 g/mol. The van der Waals surface area contributed by atoms with Crippen LogP contribution in [0, 0.1) is 6.42 Å². The van der Waals surface area contributed by atoms with Gasteiger partial charge in [-0.2, -0.15) is 0 Å². The van der Waals surface area contributed by atoms with Gasteiger partial charge in [0.1, 0.15) is 11.4 Å². The molecular formula is C20H18Cl2NO3. The number of para-hydroxylation sites is 1. The lowest BCUT2D eigenvalue weighted by Gasteiger charge is -2.09. The van der Waals surface area contributed by atoms with Crippen LogP contribution < -0.4 is 4.74 Å². The Hall–Kier alpha value is -2.17. The zero-order valence-electron chi connectivity index (χ0n) is 14.4. The SMILES string of the molecule is CCOC(=O)c1[nH]c2cc(Cl)cc(Cl)c2c1C[CH]c1ccccc1OC. The summed E-state index contributed by atoms with van der Waals surface area (Å²) >= 11 is 12.5. The van der Waals surface area contributed by atoms with Crippen molar-refractivity contribution in [2.45, 2.75) is 13.3 Å². The maximum absolute atomic E-state index is 12.4. The molecule has 0 fully saturated rings. The summed E-state index contributed by atoms with van der Waals surface area (Å²) in [6, 6.07) is 11.1. The number of carbonyl (C=O) groups excluding carboxylic acids is 1. The van der Waals surface area contributed by atoms with E-state index in [1.807, 2.05) is 30.7 Å². The highest BCUT2D eigenvalue weighted by Crippen LogP contribution is 2.34. The van der Waals surface area contributed by atoms with Crippen LogP contribution in [0.5, 0.6) is 5.75 Å². The van der Waals surface area contributed by atoms with Crippen LogP contribution in [0.4, 0.5) is 0 Å². The van der Waals surface area contributed by atoms with Gasteiger partial charge in [0.05, 0.1) is 18.7 Å². The molecule has 3 rings (SSSR count). The Labute approximate surface area is 162 Å². The smallest absolute Gasteiger partial charge is 0.355 e. The molecule has 4 nitrogen and oxygen atoms in total. The highest BCUT2D eigenvalue weighted by molar-refractivity contribution is 6.39. The fourth-order valence-electron chi connectivity index (χ4n) is 2.94. The van der Waals surface area contributed by atoms with Crippen LogP contribution in [-0.4, -0.2) is 24.7 Å². The van der Waals surface area contributed by atoms with Crippen molar-refractivity contribution in [3.8, 4) is 5.75 Å². The number of nitrogens with one attached hydrogen (secondary N) is 1. The Kier molecular flexibility index (Phi) is 5.74. The normalized spacial score (nSPS) is 10.9. The fourth-order valence-corrected chi connectivity index (χ4v) is 3.55. The van der Waals surface area contributed by atoms with Crippen LogP contribution in [-0.2, 0) is 11.2 Å². The van der Waals surface area contributed by atoms with Crippen molar-refractivity contribution in [2.24, 2.45) is 0 Å². The molecule has 1 aromatic heterocycles. The average molecular weight is 391 g/mol. The number of carbonyl (C=O) groups is 1. The lowest BCUT2D eigenvalue weighted by Crippen LogP contribution is -2.08. The van der Waals surface area contributed by atoms with Gasteiger partial charge >= 0.3 is 5.97 Å². The molecule has 1 radical (unpaired) electrons. The van der Waals surface area contributed by atoms with Crippen LogP contribution in [0.15, 0.2) is 36.4 Å². The first kappa shape index (κ1) is 18.6. The number of halogens is 2. The number of ether oxygens (including phenoxy) is 2. The first-order valence-electron chi connectivity index (χ1n) is 8.18. The van der Waals surface area contributed by atoms with Crippen LogP contribution >= 0.6 is 23.2 Å². The van der Waals surface area contributed by atoms with Crippen LogP contribution in [0.2, 0.25) is 10.0 Å². The van der Waals surface area contributed by atoms with Gasteiger partial charge in [-0.15, -0.1) is 0 Å². The van der Waals surface area contributed by atoms with E-state index in [0.29, 0.717) is 34.3 Å². The van der Waals surface area contributed by atoms with Crippen molar-refractivity contribution < 1.29 is 14.3 Å². The minimum Gasteiger partial charge on any atom is -0.496 e. The Balaban J connectivity index is 2.04. The number of esters is 1. The molecule has 0 aliphatic heterocycles. The van der Waals surface area contributed by atoms with E-state index in [1.54, 1.807) is 26.2 Å². The summed E-state index contributed by atoms with van der Waals surface area (Å²) in [6.45, 7) is 2.06. The molecule has 1 heterocycles. The molecule has 0 bridgehead atoms. The van der Waals surface area contributed by atoms with E-state index in [0.717, 1.165) is 22.3 Å². The largest absolute Gasteiger partial charge is 0.496 e. The van der Waals surface area contributed by atoms with Crippen molar-refractivity contribution in [1.29, 1.82) is 0 Å². The van der Waals surface area contributed by atoms with Crippen LogP contribution in [0.25, 0.3) is 10.9 Å². The molecule has 0 atom stereocenters. The maximum atomic E-state index is 12.4. The van der Waals surface area contributed by atoms with Gasteiger partial charge in [0, 0.05) is 15.9 Å². The topological polar surface area (TPSA) is 51.3 Å². The predicted octanol–water partition coefficient (Wildman–Crippen LogP) is 5.46. The summed E-state index contributed by atoms with van der Waals surface area (Å²) in [7, 11) is 1.63. The lowest BCUT2D eigenvalue weighted by atomic mass is 10.0. The highest BCUT2D eigenvalue weighted by atomic mass is 35.5. The molecule has 0 saturated heterocycles. The van der Waals surface area contributed by atoms with Gasteiger partial charge in [0.25, 0.3) is 0 Å². The van der Waals surface area contributed by atoms with Gasteiger partial charge in [-0.05, 0) is 49.1 Å². The molecule has 0 saturated carbocycles. The minimum atomic E-state index is -0.417. The van der Waals surface area contributed by atoms with Crippen LogP contribution in [0.1, 0.15) is 28.5 Å². The summed E-state index contributed by atoms with van der Waals surface area (Å²) in [5, 5.41) is 1.76. The molecule has 26 heavy (non-hydrogen) atoms. The summed E-state index contributed by atoms with van der Waals surface area (Å²) in [5.74, 6) is 0.346. The van der Waals surface area contributed by atoms with E-state index in [9.17, 15) is 4.79 Å². The lowest BCUT2D eigenvalue weighted by molar-refractivity contribution is 0.0519. The Bertz CT molecular complexity index is 950. The van der Waals surface area contributed by atoms with Gasteiger partial charge in [0.2, 0.25) is 0 Å². The number of benzene rings is 2. The molecule has 6 heteroatoms. The Morgan fingerprint density at radius 1 is 1.23 bits per heavy atom. The molecule has 0 amide bonds. The minimum absolute atomic E-state index is 0.290. The summed E-state index contributed by atoms with van der Waals surface area (Å²) in [6.07, 6.45) is 2.48. The van der Waals surface area contributed by atoms with Crippen molar-refractivity contribution in [1.82, 2.24) is 4.98 Å². The van der Waals surface area contributed by atoms with E-state index in [2.05, 4.69) is 4.98 Å². The Morgan fingerprint density at radius 3 is 2.73 bits per heavy atom. The second kappa shape index (κ2) is 8.02. The fraction of sp³-hybridized carbons (Fsp3) is 0.200. The standard InChI is InChI=1S/C20H18Cl2NO3/c1-3-26-20(24)19-14(9-8-12-6-4-5-7-17(12)25-2)18-15(22)10-13(21)11-16(18)23-19/h4-8,10-11,23H,3,9H2,1-2H3. The number of hydrogen-bond donors (Lipinski definition) is 1. The third kappa shape index (κ3) is 3.67. The molecule has 2 aromatic carbocycles. The molecule has 135 valence electrons. The summed E-state index contributed by atoms with van der Waals surface area (Å²) in [5.41, 5.74) is 2.79. The monoisotopic (exact) mass is 390 g/mol. The number of aromatic nitrogens is 1. The average Bonchev–Trinajstić information content (AvgIpc) is 2.99. The zero-order chi connectivity index (χ0) is 18.7. The number of H-pyrrole nitrogens is 1. The predicted molar refractivity (Wildman–Crippen MR) is 104 cm³/mol. The van der Waals surface area contributed by atoms with E-state index in [-0.39, 0.29) is 0 Å². The van der Waals surface area contributed by atoms with E-state index in [1.165, 1.54) is 0 Å². The van der Waals surface area contributed by atoms with Crippen molar-refractivity contribution >= 4 is 40.1 Å². The van der Waals surface area contributed by atoms with Gasteiger partial charge in [-0.1, -0.05) is 41.4 Å². The summed E-state index contributed by atoms with van der Waals surface area (Å²) in [4.78, 5) is 15.5. The Morgan fingerprint density at radius 2 is 2.00 bits per heavy atom. The quantitative estimate of drug-likeness (QED) is 0.568. The number of fused-ring (bicyclic) bond motifs is 1. The van der Waals surface area contributed by atoms with Gasteiger partial charge in [-0.3, -0.25) is 0 Å². The molecule has 0 aliphatic carbocycles.